The predicted octanol–water partition coefficient (Wildman–Crippen LogP) is 1.24. The number of phenols is 1. The lowest BCUT2D eigenvalue weighted by Crippen LogP contribution is -2.24. The molecule has 0 saturated heterocycles. The van der Waals surface area contributed by atoms with Gasteiger partial charge in [0, 0.05) is 6.54 Å². The van der Waals surface area contributed by atoms with Crippen molar-refractivity contribution in [2.75, 3.05) is 13.1 Å². The smallest absolute Gasteiger partial charge is 0.252 e. The lowest BCUT2D eigenvalue weighted by Gasteiger charge is -2.15. The maximum Gasteiger partial charge on any atom is 0.252 e. The molecule has 6 N–H and O–H groups in total. The molecule has 24 heavy (non-hydrogen) atoms. The number of nitrogens with one attached hydrogen (secondary N) is 1. The molecule has 0 fully saturated rings. The van der Waals surface area contributed by atoms with Crippen LogP contribution in [0.3, 0.4) is 0 Å². The van der Waals surface area contributed by atoms with Crippen LogP contribution in [0.2, 0.25) is 0 Å². The third-order valence-corrected chi connectivity index (χ3v) is 3.79. The minimum absolute atomic E-state index is 0.0222. The first-order valence-electron chi connectivity index (χ1n) is 7.73. The summed E-state index contributed by atoms with van der Waals surface area (Å²) >= 11 is 0. The number of aromatic hydroxyl groups is 1. The highest BCUT2D eigenvalue weighted by Crippen LogP contribution is 2.22. The number of benzene rings is 2. The van der Waals surface area contributed by atoms with Crippen LogP contribution in [0.5, 0.6) is 5.75 Å². The maximum absolute atomic E-state index is 11.2. The molecule has 0 aliphatic rings. The third kappa shape index (κ3) is 4.79. The van der Waals surface area contributed by atoms with Crippen molar-refractivity contribution < 1.29 is 20.1 Å². The van der Waals surface area contributed by atoms with E-state index in [1.54, 1.807) is 0 Å². The number of carbonyl (C=O) groups is 1. The van der Waals surface area contributed by atoms with Gasteiger partial charge in [-0.25, -0.2) is 0 Å². The van der Waals surface area contributed by atoms with E-state index in [9.17, 15) is 20.1 Å². The Kier molecular flexibility index (Phi) is 6.31. The van der Waals surface area contributed by atoms with Gasteiger partial charge in [-0.15, -0.1) is 0 Å². The van der Waals surface area contributed by atoms with E-state index in [-0.39, 0.29) is 17.9 Å². The van der Waals surface area contributed by atoms with Gasteiger partial charge in [0.05, 0.1) is 17.8 Å². The van der Waals surface area contributed by atoms with Crippen LogP contribution in [-0.4, -0.2) is 34.3 Å². The number of amides is 1. The Balaban J connectivity index is 1.82. The first kappa shape index (κ1) is 17.9. The zero-order chi connectivity index (χ0) is 17.5. The van der Waals surface area contributed by atoms with Gasteiger partial charge in [0.1, 0.15) is 5.75 Å². The lowest BCUT2D eigenvalue weighted by molar-refractivity contribution is 0.0997. The monoisotopic (exact) mass is 330 g/mol. The molecular formula is C18H22N2O4. The minimum atomic E-state index is -0.849. The molecule has 0 spiro atoms. The van der Waals surface area contributed by atoms with Gasteiger partial charge in [-0.2, -0.15) is 0 Å². The molecule has 0 aliphatic carbocycles. The van der Waals surface area contributed by atoms with Crippen molar-refractivity contribution in [2.45, 2.75) is 18.6 Å². The van der Waals surface area contributed by atoms with Gasteiger partial charge in [0.25, 0.3) is 5.91 Å². The second kappa shape index (κ2) is 8.44. The zero-order valence-electron chi connectivity index (χ0n) is 13.2. The summed E-state index contributed by atoms with van der Waals surface area (Å²) in [4.78, 5) is 11.2. The summed E-state index contributed by atoms with van der Waals surface area (Å²) in [6.07, 6.45) is -0.901. The molecular weight excluding hydrogens is 308 g/mol. The van der Waals surface area contributed by atoms with Crippen LogP contribution >= 0.6 is 0 Å². The van der Waals surface area contributed by atoms with E-state index >= 15 is 0 Å². The van der Waals surface area contributed by atoms with Gasteiger partial charge < -0.3 is 26.4 Å². The number of primary amides is 1. The van der Waals surface area contributed by atoms with E-state index in [2.05, 4.69) is 5.32 Å². The highest BCUT2D eigenvalue weighted by molar-refractivity contribution is 5.95. The Hall–Kier alpha value is -2.41. The average Bonchev–Trinajstić information content (AvgIpc) is 2.59. The Morgan fingerprint density at radius 3 is 2.42 bits per heavy atom. The fraction of sp³-hybridized carbons (Fsp3) is 0.278. The van der Waals surface area contributed by atoms with Crippen LogP contribution in [-0.2, 0) is 0 Å². The molecule has 0 saturated carbocycles. The van der Waals surface area contributed by atoms with Crippen molar-refractivity contribution in [3.8, 4) is 5.75 Å². The van der Waals surface area contributed by atoms with Crippen LogP contribution in [0.15, 0.2) is 48.5 Å². The molecule has 0 unspecified atom stereocenters. The quantitative estimate of drug-likeness (QED) is 0.467. The molecule has 0 bridgehead atoms. The highest BCUT2D eigenvalue weighted by Gasteiger charge is 2.13. The normalized spacial score (nSPS) is 13.4. The Labute approximate surface area is 140 Å². The molecule has 2 atom stereocenters. The van der Waals surface area contributed by atoms with Gasteiger partial charge in [-0.3, -0.25) is 4.79 Å². The summed E-state index contributed by atoms with van der Waals surface area (Å²) in [7, 11) is 0. The van der Waals surface area contributed by atoms with E-state index in [4.69, 9.17) is 5.73 Å². The lowest BCUT2D eigenvalue weighted by atomic mass is 10.0. The summed E-state index contributed by atoms with van der Waals surface area (Å²) in [6.45, 7) is 0.776. The molecule has 0 heterocycles. The third-order valence-electron chi connectivity index (χ3n) is 3.79. The molecule has 2 rings (SSSR count). The van der Waals surface area contributed by atoms with Crippen LogP contribution in [0.1, 0.15) is 40.1 Å². The first-order valence-corrected chi connectivity index (χ1v) is 7.73. The molecule has 6 nitrogen and oxygen atoms in total. The Bertz CT molecular complexity index is 676. The Morgan fingerprint density at radius 2 is 1.75 bits per heavy atom. The number of carbonyl (C=O) groups excluding carboxylic acids is 1. The molecule has 0 aromatic heterocycles. The second-order valence-corrected chi connectivity index (χ2v) is 5.58. The van der Waals surface area contributed by atoms with E-state index < -0.39 is 18.1 Å². The van der Waals surface area contributed by atoms with E-state index in [1.165, 1.54) is 18.2 Å². The number of rotatable bonds is 8. The summed E-state index contributed by atoms with van der Waals surface area (Å²) in [6, 6.07) is 13.6. The van der Waals surface area contributed by atoms with Crippen molar-refractivity contribution in [3.05, 3.63) is 65.2 Å². The maximum atomic E-state index is 11.2. The van der Waals surface area contributed by atoms with E-state index in [1.807, 2.05) is 30.3 Å². The fourth-order valence-corrected chi connectivity index (χ4v) is 2.40. The van der Waals surface area contributed by atoms with Gasteiger partial charge in [0.15, 0.2) is 0 Å². The molecule has 6 heteroatoms. The SMILES string of the molecule is NC(=O)c1cc([C@H](O)CNCC[C@@H](O)c2ccccc2)ccc1O. The van der Waals surface area contributed by atoms with Crippen molar-refractivity contribution >= 4 is 5.91 Å². The van der Waals surface area contributed by atoms with Crippen molar-refractivity contribution in [2.24, 2.45) is 5.73 Å². The summed E-state index contributed by atoms with van der Waals surface area (Å²) in [5, 5.41) is 32.8. The van der Waals surface area contributed by atoms with Crippen molar-refractivity contribution in [1.29, 1.82) is 0 Å². The highest BCUT2D eigenvalue weighted by atomic mass is 16.3. The standard InChI is InChI=1S/C18H22N2O4/c19-18(24)14-10-13(6-7-16(14)22)17(23)11-20-9-8-15(21)12-4-2-1-3-5-12/h1-7,10,15,17,20-23H,8-9,11H2,(H2,19,24)/t15-,17-/m1/s1. The number of hydrogen-bond donors (Lipinski definition) is 5. The van der Waals surface area contributed by atoms with Gasteiger partial charge in [-0.1, -0.05) is 36.4 Å². The molecule has 1 amide bonds. The van der Waals surface area contributed by atoms with Crippen LogP contribution < -0.4 is 11.1 Å². The topological polar surface area (TPSA) is 116 Å². The molecule has 2 aromatic carbocycles. The summed E-state index contributed by atoms with van der Waals surface area (Å²) in [5.74, 6) is -0.960. The number of hydrogen-bond acceptors (Lipinski definition) is 5. The predicted molar refractivity (Wildman–Crippen MR) is 90.5 cm³/mol. The molecule has 0 radical (unpaired) electrons. The van der Waals surface area contributed by atoms with Gasteiger partial charge >= 0.3 is 0 Å². The van der Waals surface area contributed by atoms with Crippen LogP contribution in [0.4, 0.5) is 0 Å². The van der Waals surface area contributed by atoms with Crippen LogP contribution in [0.25, 0.3) is 0 Å². The second-order valence-electron chi connectivity index (χ2n) is 5.58. The van der Waals surface area contributed by atoms with Crippen LogP contribution in [0, 0.1) is 0 Å². The van der Waals surface area contributed by atoms with E-state index in [0.29, 0.717) is 18.5 Å². The number of nitrogens with two attached hydrogens (primary N) is 1. The average molecular weight is 330 g/mol. The summed E-state index contributed by atoms with van der Waals surface area (Å²) in [5.41, 5.74) is 6.48. The van der Waals surface area contributed by atoms with Gasteiger partial charge in [0.2, 0.25) is 0 Å². The van der Waals surface area contributed by atoms with Crippen molar-refractivity contribution in [3.63, 3.8) is 0 Å². The largest absolute Gasteiger partial charge is 0.507 e. The zero-order valence-corrected chi connectivity index (χ0v) is 13.2. The fourth-order valence-electron chi connectivity index (χ4n) is 2.40. The summed E-state index contributed by atoms with van der Waals surface area (Å²) < 4.78 is 0. The minimum Gasteiger partial charge on any atom is -0.507 e. The Morgan fingerprint density at radius 1 is 1.04 bits per heavy atom. The van der Waals surface area contributed by atoms with Crippen molar-refractivity contribution in [1.82, 2.24) is 5.32 Å². The molecule has 0 aliphatic heterocycles. The van der Waals surface area contributed by atoms with E-state index in [0.717, 1.165) is 5.56 Å². The number of aliphatic hydroxyl groups is 2. The first-order chi connectivity index (χ1) is 11.5. The molecule has 128 valence electrons. The number of aliphatic hydroxyl groups excluding tert-OH is 2. The molecule has 2 aromatic rings. The van der Waals surface area contributed by atoms with Gasteiger partial charge in [-0.05, 0) is 36.2 Å².